The lowest BCUT2D eigenvalue weighted by Crippen LogP contribution is -2.45. The summed E-state index contributed by atoms with van der Waals surface area (Å²) < 4.78 is 23.9. The molecule has 1 aliphatic rings. The minimum atomic E-state index is -3.12. The molecule has 1 rings (SSSR count). The Balaban J connectivity index is 2.75. The lowest BCUT2D eigenvalue weighted by atomic mass is 9.89. The molecule has 0 aromatic rings. The van der Waals surface area contributed by atoms with Gasteiger partial charge >= 0.3 is 0 Å². The summed E-state index contributed by atoms with van der Waals surface area (Å²) in [5.74, 6) is 0.533. The first kappa shape index (κ1) is 14.9. The van der Waals surface area contributed by atoms with Crippen LogP contribution in [0.1, 0.15) is 39.5 Å². The van der Waals surface area contributed by atoms with E-state index in [0.29, 0.717) is 18.9 Å². The van der Waals surface area contributed by atoms with Gasteiger partial charge in [0.15, 0.2) is 9.84 Å². The second-order valence-electron chi connectivity index (χ2n) is 5.52. The van der Waals surface area contributed by atoms with Crippen LogP contribution < -0.4 is 5.73 Å². The minimum absolute atomic E-state index is 0.104. The lowest BCUT2D eigenvalue weighted by molar-refractivity contribution is 0.0899. The van der Waals surface area contributed by atoms with Crippen LogP contribution in [0.25, 0.3) is 0 Å². The third kappa shape index (κ3) is 3.93. The molecule has 1 saturated heterocycles. The van der Waals surface area contributed by atoms with Crippen molar-refractivity contribution >= 4 is 9.84 Å². The smallest absolute Gasteiger partial charge is 0.155 e. The maximum Gasteiger partial charge on any atom is 0.155 e. The largest absolute Gasteiger partial charge is 0.391 e. The summed E-state index contributed by atoms with van der Waals surface area (Å²) in [5.41, 5.74) is 5.66. The van der Waals surface area contributed by atoms with Crippen molar-refractivity contribution in [3.05, 3.63) is 0 Å². The molecule has 0 amide bonds. The number of rotatable bonds is 5. The van der Waals surface area contributed by atoms with E-state index in [2.05, 4.69) is 13.8 Å². The molecular weight excluding hydrogens is 238 g/mol. The van der Waals surface area contributed by atoms with E-state index in [4.69, 9.17) is 5.73 Å². The fourth-order valence-electron chi connectivity index (χ4n) is 2.65. The fraction of sp³-hybridized carbons (Fsp3) is 1.00. The molecule has 5 heteroatoms. The van der Waals surface area contributed by atoms with Crippen molar-refractivity contribution in [1.82, 2.24) is 0 Å². The van der Waals surface area contributed by atoms with Crippen molar-refractivity contribution in [3.63, 3.8) is 0 Å². The first-order chi connectivity index (χ1) is 7.88. The summed E-state index contributed by atoms with van der Waals surface area (Å²) >= 11 is 0. The van der Waals surface area contributed by atoms with Gasteiger partial charge in [0.2, 0.25) is 0 Å². The molecule has 3 unspecified atom stereocenters. The highest BCUT2D eigenvalue weighted by Crippen LogP contribution is 2.28. The summed E-state index contributed by atoms with van der Waals surface area (Å²) in [5, 5.41) is 9.67. The first-order valence-electron chi connectivity index (χ1n) is 6.48. The minimum Gasteiger partial charge on any atom is -0.391 e. The van der Waals surface area contributed by atoms with Crippen LogP contribution in [-0.4, -0.2) is 37.2 Å². The lowest BCUT2D eigenvalue weighted by Gasteiger charge is -2.32. The van der Waals surface area contributed by atoms with E-state index in [1.807, 2.05) is 0 Å². The van der Waals surface area contributed by atoms with Crippen LogP contribution in [0.5, 0.6) is 0 Å². The zero-order chi connectivity index (χ0) is 13.1. The Bertz CT molecular complexity index is 327. The number of aliphatic hydroxyl groups excluding tert-OH is 1. The number of sulfone groups is 1. The van der Waals surface area contributed by atoms with Crippen molar-refractivity contribution in [1.29, 1.82) is 0 Å². The quantitative estimate of drug-likeness (QED) is 0.773. The summed E-state index contributed by atoms with van der Waals surface area (Å²) in [6.07, 6.45) is 2.18. The Kier molecular flexibility index (Phi) is 5.41. The first-order valence-corrected chi connectivity index (χ1v) is 8.19. The van der Waals surface area contributed by atoms with Crippen LogP contribution in [0.3, 0.4) is 0 Å². The van der Waals surface area contributed by atoms with Crippen LogP contribution in [0.15, 0.2) is 0 Å². The van der Waals surface area contributed by atoms with Gasteiger partial charge in [0.25, 0.3) is 0 Å². The van der Waals surface area contributed by atoms with Crippen molar-refractivity contribution < 1.29 is 13.5 Å². The third-order valence-corrected chi connectivity index (χ3v) is 5.86. The van der Waals surface area contributed by atoms with Crippen LogP contribution >= 0.6 is 0 Å². The Labute approximate surface area is 105 Å². The zero-order valence-electron chi connectivity index (χ0n) is 10.8. The molecule has 3 N–H and O–H groups in total. The van der Waals surface area contributed by atoms with E-state index in [1.54, 1.807) is 0 Å². The van der Waals surface area contributed by atoms with Gasteiger partial charge in [-0.05, 0) is 37.6 Å². The molecule has 0 aromatic heterocycles. The van der Waals surface area contributed by atoms with E-state index in [1.165, 1.54) is 0 Å². The molecule has 0 aromatic carbocycles. The average molecular weight is 263 g/mol. The predicted octanol–water partition coefficient (Wildman–Crippen LogP) is 0.936. The normalized spacial score (nSPS) is 27.9. The van der Waals surface area contributed by atoms with Gasteiger partial charge in [-0.15, -0.1) is 0 Å². The molecule has 1 aliphatic heterocycles. The molecule has 4 nitrogen and oxygen atoms in total. The molecule has 1 heterocycles. The summed E-state index contributed by atoms with van der Waals surface area (Å²) in [6.45, 7) is 4.47. The SMILES string of the molecule is CC(C)CC(CN)C(O)C1CCCCS1(=O)=O. The Morgan fingerprint density at radius 3 is 2.47 bits per heavy atom. The molecule has 3 atom stereocenters. The molecular formula is C12H25NO3S. The van der Waals surface area contributed by atoms with E-state index in [-0.39, 0.29) is 11.7 Å². The molecule has 1 fully saturated rings. The predicted molar refractivity (Wildman–Crippen MR) is 69.4 cm³/mol. The molecule has 0 saturated carbocycles. The van der Waals surface area contributed by atoms with Gasteiger partial charge in [0.1, 0.15) is 0 Å². The van der Waals surface area contributed by atoms with Gasteiger partial charge in [0, 0.05) is 0 Å². The Morgan fingerprint density at radius 2 is 2.00 bits per heavy atom. The molecule has 0 spiro atoms. The number of hydrogen-bond donors (Lipinski definition) is 2. The Morgan fingerprint density at radius 1 is 1.35 bits per heavy atom. The van der Waals surface area contributed by atoms with Crippen LogP contribution in [0, 0.1) is 11.8 Å². The third-order valence-electron chi connectivity index (χ3n) is 3.57. The summed E-state index contributed by atoms with van der Waals surface area (Å²) in [4.78, 5) is 0. The molecule has 0 bridgehead atoms. The second-order valence-corrected chi connectivity index (χ2v) is 7.86. The summed E-state index contributed by atoms with van der Waals surface area (Å²) in [7, 11) is -3.12. The number of aliphatic hydroxyl groups is 1. The van der Waals surface area contributed by atoms with Gasteiger partial charge in [-0.2, -0.15) is 0 Å². The van der Waals surface area contributed by atoms with Crippen molar-refractivity contribution in [3.8, 4) is 0 Å². The van der Waals surface area contributed by atoms with Gasteiger partial charge in [-0.25, -0.2) is 8.42 Å². The Hall–Kier alpha value is -0.130. The van der Waals surface area contributed by atoms with E-state index >= 15 is 0 Å². The molecule has 0 radical (unpaired) electrons. The van der Waals surface area contributed by atoms with Gasteiger partial charge in [-0.1, -0.05) is 20.3 Å². The van der Waals surface area contributed by atoms with E-state index in [0.717, 1.165) is 19.3 Å². The standard InChI is InChI=1S/C12H25NO3S/c1-9(2)7-10(8-13)12(14)11-5-3-4-6-17(11,15)16/h9-12,14H,3-8,13H2,1-2H3. The van der Waals surface area contributed by atoms with E-state index in [9.17, 15) is 13.5 Å². The van der Waals surface area contributed by atoms with Crippen LogP contribution in [0.2, 0.25) is 0 Å². The molecule has 17 heavy (non-hydrogen) atoms. The van der Waals surface area contributed by atoms with Gasteiger partial charge in [0.05, 0.1) is 17.1 Å². The molecule has 102 valence electrons. The average Bonchev–Trinajstić information content (AvgIpc) is 2.24. The maximum absolute atomic E-state index is 11.9. The highest BCUT2D eigenvalue weighted by atomic mass is 32.2. The van der Waals surface area contributed by atoms with E-state index < -0.39 is 21.2 Å². The topological polar surface area (TPSA) is 80.4 Å². The monoisotopic (exact) mass is 263 g/mol. The second kappa shape index (κ2) is 6.16. The maximum atomic E-state index is 11.9. The zero-order valence-corrected chi connectivity index (χ0v) is 11.6. The van der Waals surface area contributed by atoms with Crippen LogP contribution in [-0.2, 0) is 9.84 Å². The van der Waals surface area contributed by atoms with Crippen molar-refractivity contribution in [2.75, 3.05) is 12.3 Å². The fourth-order valence-corrected chi connectivity index (χ4v) is 4.73. The summed E-state index contributed by atoms with van der Waals surface area (Å²) in [6, 6.07) is 0. The van der Waals surface area contributed by atoms with Gasteiger partial charge in [-0.3, -0.25) is 0 Å². The number of nitrogens with two attached hydrogens (primary N) is 1. The van der Waals surface area contributed by atoms with Gasteiger partial charge < -0.3 is 10.8 Å². The number of hydrogen-bond acceptors (Lipinski definition) is 4. The highest BCUT2D eigenvalue weighted by molar-refractivity contribution is 7.92. The highest BCUT2D eigenvalue weighted by Gasteiger charge is 2.38. The van der Waals surface area contributed by atoms with Crippen LogP contribution in [0.4, 0.5) is 0 Å². The van der Waals surface area contributed by atoms with Crippen molar-refractivity contribution in [2.45, 2.75) is 50.9 Å². The van der Waals surface area contributed by atoms with Crippen molar-refractivity contribution in [2.24, 2.45) is 17.6 Å². The molecule has 0 aliphatic carbocycles.